The first-order valence-electron chi connectivity index (χ1n) is 8.88. The maximum atomic E-state index is 12.8. The topological polar surface area (TPSA) is 71.1 Å². The minimum Gasteiger partial charge on any atom is -0.465 e. The second kappa shape index (κ2) is 9.73. The van der Waals surface area contributed by atoms with Gasteiger partial charge in [-0.15, -0.1) is 0 Å². The molecule has 0 spiro atoms. The molecule has 0 aromatic heterocycles. The van der Waals surface area contributed by atoms with Crippen molar-refractivity contribution in [3.63, 3.8) is 0 Å². The van der Waals surface area contributed by atoms with Crippen LogP contribution in [0.3, 0.4) is 0 Å². The van der Waals surface area contributed by atoms with Crippen molar-refractivity contribution in [2.45, 2.75) is 50.1 Å². The number of sulfone groups is 1. The summed E-state index contributed by atoms with van der Waals surface area (Å²) in [6, 6.07) is 12.5. The second-order valence-electron chi connectivity index (χ2n) is 5.73. The molecule has 2 rings (SSSR count). The fourth-order valence-corrected chi connectivity index (χ4v) is 3.71. The largest absolute Gasteiger partial charge is 0.465 e. The zero-order valence-corrected chi connectivity index (χ0v) is 16.9. The summed E-state index contributed by atoms with van der Waals surface area (Å²) < 4.78 is 47.3. The maximum Gasteiger partial charge on any atom is 0.206 e. The summed E-state index contributed by atoms with van der Waals surface area (Å²) in [6.45, 7) is 8.40. The predicted octanol–water partition coefficient (Wildman–Crippen LogP) is 4.04. The van der Waals surface area contributed by atoms with Crippen LogP contribution in [0.4, 0.5) is 0 Å². The molecule has 0 aliphatic heterocycles. The van der Waals surface area contributed by atoms with Crippen LogP contribution in [-0.2, 0) is 19.3 Å². The van der Waals surface area contributed by atoms with Gasteiger partial charge in [0.2, 0.25) is 9.84 Å². The molecule has 0 amide bonds. The van der Waals surface area contributed by atoms with Gasteiger partial charge in [0, 0.05) is 13.2 Å². The summed E-state index contributed by atoms with van der Waals surface area (Å²) in [5, 5.41) is 0. The molecule has 2 atom stereocenters. The first-order valence-corrected chi connectivity index (χ1v) is 10.4. The Hall–Kier alpha value is -2.09. The second-order valence-corrected chi connectivity index (χ2v) is 7.68. The fourth-order valence-electron chi connectivity index (χ4n) is 2.45. The molecule has 0 aliphatic carbocycles. The van der Waals surface area contributed by atoms with Crippen LogP contribution in [0.2, 0.25) is 0 Å². The minimum absolute atomic E-state index is 0.190. The van der Waals surface area contributed by atoms with Crippen LogP contribution in [0.1, 0.15) is 27.7 Å². The van der Waals surface area contributed by atoms with Gasteiger partial charge in [0.15, 0.2) is 12.6 Å². The molecule has 148 valence electrons. The van der Waals surface area contributed by atoms with Crippen LogP contribution in [0.5, 0.6) is 11.5 Å². The monoisotopic (exact) mass is 394 g/mol. The Morgan fingerprint density at radius 1 is 0.704 bits per heavy atom. The lowest BCUT2D eigenvalue weighted by molar-refractivity contribution is -0.0616. The van der Waals surface area contributed by atoms with Gasteiger partial charge in [0.25, 0.3) is 0 Å². The molecule has 2 aromatic rings. The summed E-state index contributed by atoms with van der Waals surface area (Å²) >= 11 is 0. The Balaban J connectivity index is 2.11. The molecular weight excluding hydrogens is 368 g/mol. The molecule has 0 aliphatic rings. The van der Waals surface area contributed by atoms with Gasteiger partial charge in [-0.2, -0.15) is 0 Å². The smallest absolute Gasteiger partial charge is 0.206 e. The zero-order valence-electron chi connectivity index (χ0n) is 16.0. The van der Waals surface area contributed by atoms with Crippen molar-refractivity contribution in [3.05, 3.63) is 48.5 Å². The summed E-state index contributed by atoms with van der Waals surface area (Å²) in [5.41, 5.74) is 0. The van der Waals surface area contributed by atoms with E-state index < -0.39 is 22.4 Å². The van der Waals surface area contributed by atoms with Crippen LogP contribution < -0.4 is 9.47 Å². The molecule has 0 N–H and O–H groups in total. The standard InChI is InChI=1S/C20H26O6S/c1-5-23-15(3)25-17-7-11-19(12-8-17)27(21,22)20-13-9-18(10-14-20)26-16(4)24-6-2/h7-16H,5-6H2,1-4H3. The van der Waals surface area contributed by atoms with E-state index in [0.717, 1.165) is 0 Å². The van der Waals surface area contributed by atoms with Crippen LogP contribution in [0.15, 0.2) is 58.3 Å². The van der Waals surface area contributed by atoms with Crippen molar-refractivity contribution in [2.24, 2.45) is 0 Å². The Bertz CT molecular complexity index is 736. The van der Waals surface area contributed by atoms with Gasteiger partial charge in [-0.1, -0.05) is 0 Å². The zero-order chi connectivity index (χ0) is 19.9. The van der Waals surface area contributed by atoms with Crippen LogP contribution >= 0.6 is 0 Å². The molecule has 2 unspecified atom stereocenters. The van der Waals surface area contributed by atoms with E-state index in [0.29, 0.717) is 24.7 Å². The van der Waals surface area contributed by atoms with Gasteiger partial charge in [-0.05, 0) is 76.2 Å². The Kier molecular flexibility index (Phi) is 7.65. The summed E-state index contributed by atoms with van der Waals surface area (Å²) in [6.07, 6.45) is -0.798. The molecule has 6 nitrogen and oxygen atoms in total. The van der Waals surface area contributed by atoms with Gasteiger partial charge in [0.1, 0.15) is 11.5 Å². The molecule has 0 fully saturated rings. The highest BCUT2D eigenvalue weighted by Gasteiger charge is 2.18. The van der Waals surface area contributed by atoms with Gasteiger partial charge in [0.05, 0.1) is 9.79 Å². The number of hydrogen-bond donors (Lipinski definition) is 0. The number of rotatable bonds is 10. The van der Waals surface area contributed by atoms with E-state index in [1.54, 1.807) is 38.1 Å². The lowest BCUT2D eigenvalue weighted by Crippen LogP contribution is -2.16. The quantitative estimate of drug-likeness (QED) is 0.566. The lowest BCUT2D eigenvalue weighted by atomic mass is 10.3. The lowest BCUT2D eigenvalue weighted by Gasteiger charge is -2.15. The molecule has 0 bridgehead atoms. The highest BCUT2D eigenvalue weighted by molar-refractivity contribution is 7.91. The number of benzene rings is 2. The molecule has 27 heavy (non-hydrogen) atoms. The van der Waals surface area contributed by atoms with Crippen molar-refractivity contribution < 1.29 is 27.4 Å². The van der Waals surface area contributed by atoms with E-state index in [-0.39, 0.29) is 9.79 Å². The molecule has 7 heteroatoms. The highest BCUT2D eigenvalue weighted by Crippen LogP contribution is 2.25. The summed E-state index contributed by atoms with van der Waals surface area (Å²) in [5.74, 6) is 1.09. The summed E-state index contributed by atoms with van der Waals surface area (Å²) in [4.78, 5) is 0.380. The average molecular weight is 394 g/mol. The van der Waals surface area contributed by atoms with Crippen molar-refractivity contribution >= 4 is 9.84 Å². The normalized spacial score (nSPS) is 13.8. The van der Waals surface area contributed by atoms with E-state index in [4.69, 9.17) is 18.9 Å². The molecule has 0 saturated heterocycles. The maximum absolute atomic E-state index is 12.8. The van der Waals surface area contributed by atoms with Crippen LogP contribution in [-0.4, -0.2) is 34.2 Å². The fraction of sp³-hybridized carbons (Fsp3) is 0.400. The number of ether oxygens (including phenoxy) is 4. The van der Waals surface area contributed by atoms with Crippen LogP contribution in [0, 0.1) is 0 Å². The van der Waals surface area contributed by atoms with E-state index in [1.165, 1.54) is 24.3 Å². The SMILES string of the molecule is CCOC(C)Oc1ccc(S(=O)(=O)c2ccc(OC(C)OCC)cc2)cc1. The Morgan fingerprint density at radius 2 is 1.04 bits per heavy atom. The highest BCUT2D eigenvalue weighted by atomic mass is 32.2. The molecule has 0 heterocycles. The minimum atomic E-state index is -3.62. The van der Waals surface area contributed by atoms with Crippen molar-refractivity contribution in [2.75, 3.05) is 13.2 Å². The Labute approximate surface area is 160 Å². The molecular formula is C20H26O6S. The number of hydrogen-bond acceptors (Lipinski definition) is 6. The first kappa shape index (κ1) is 21.2. The van der Waals surface area contributed by atoms with Gasteiger partial charge in [-0.25, -0.2) is 8.42 Å². The molecule has 0 saturated carbocycles. The predicted molar refractivity (Wildman–Crippen MR) is 102 cm³/mol. The van der Waals surface area contributed by atoms with Crippen molar-refractivity contribution in [1.82, 2.24) is 0 Å². The molecule has 2 aromatic carbocycles. The van der Waals surface area contributed by atoms with Gasteiger partial charge >= 0.3 is 0 Å². The van der Waals surface area contributed by atoms with Crippen molar-refractivity contribution in [3.8, 4) is 11.5 Å². The van der Waals surface area contributed by atoms with Gasteiger partial charge < -0.3 is 18.9 Å². The summed E-state index contributed by atoms with van der Waals surface area (Å²) in [7, 11) is -3.62. The average Bonchev–Trinajstić information content (AvgIpc) is 2.63. The van der Waals surface area contributed by atoms with Gasteiger partial charge in [-0.3, -0.25) is 0 Å². The van der Waals surface area contributed by atoms with Crippen molar-refractivity contribution in [1.29, 1.82) is 0 Å². The van der Waals surface area contributed by atoms with Crippen LogP contribution in [0.25, 0.3) is 0 Å². The third kappa shape index (κ3) is 5.95. The molecule has 0 radical (unpaired) electrons. The van der Waals surface area contributed by atoms with E-state index in [2.05, 4.69) is 0 Å². The first-order chi connectivity index (χ1) is 12.9. The van der Waals surface area contributed by atoms with E-state index in [1.807, 2.05) is 13.8 Å². The van der Waals surface area contributed by atoms with E-state index in [9.17, 15) is 8.42 Å². The Morgan fingerprint density at radius 3 is 1.33 bits per heavy atom. The third-order valence-corrected chi connectivity index (χ3v) is 5.46. The third-order valence-electron chi connectivity index (χ3n) is 3.67. The van der Waals surface area contributed by atoms with E-state index >= 15 is 0 Å².